The molecule has 0 aromatic carbocycles. The van der Waals surface area contributed by atoms with Gasteiger partial charge >= 0.3 is 0 Å². The Morgan fingerprint density at radius 1 is 1.13 bits per heavy atom. The molecule has 38 heavy (non-hydrogen) atoms. The summed E-state index contributed by atoms with van der Waals surface area (Å²) in [6.07, 6.45) is 24.0. The molecule has 0 amide bonds. The summed E-state index contributed by atoms with van der Waals surface area (Å²) in [5, 5.41) is 3.49. The number of rotatable bonds is 13. The predicted octanol–water partition coefficient (Wildman–Crippen LogP) is 10.2. The summed E-state index contributed by atoms with van der Waals surface area (Å²) in [5.41, 5.74) is 8.12. The van der Waals surface area contributed by atoms with Crippen molar-refractivity contribution in [1.29, 1.82) is 0 Å². The maximum absolute atomic E-state index is 4.98. The summed E-state index contributed by atoms with van der Waals surface area (Å²) in [5.74, 6) is 0.493. The van der Waals surface area contributed by atoms with Gasteiger partial charge in [0.15, 0.2) is 0 Å². The van der Waals surface area contributed by atoms with Crippen LogP contribution in [0.15, 0.2) is 113 Å². The summed E-state index contributed by atoms with van der Waals surface area (Å²) in [4.78, 5) is 9.15. The van der Waals surface area contributed by atoms with Gasteiger partial charge in [-0.25, -0.2) is 0 Å². The lowest BCUT2D eigenvalue weighted by molar-refractivity contribution is 0.559. The number of hydrogen-bond donors (Lipinski definition) is 1. The average Bonchev–Trinajstić information content (AvgIpc) is 3.46. The first-order valence-corrected chi connectivity index (χ1v) is 14.2. The zero-order valence-corrected chi connectivity index (χ0v) is 25.5. The number of aliphatic imine (C=N–C) groups is 1. The van der Waals surface area contributed by atoms with E-state index in [-0.39, 0.29) is 0 Å². The molecule has 0 bridgehead atoms. The molecule has 1 N–H and O–H groups in total. The molecule has 1 aliphatic carbocycles. The van der Waals surface area contributed by atoms with E-state index in [1.54, 1.807) is 6.20 Å². The number of allylic oxidation sites excluding steroid dienone is 12. The number of hydrogen-bond acceptors (Lipinski definition) is 3. The maximum Gasteiger partial charge on any atom is 0.0454 e. The Labute approximate surface area is 234 Å². The first-order valence-electron chi connectivity index (χ1n) is 14.2. The van der Waals surface area contributed by atoms with E-state index in [1.807, 2.05) is 45.2 Å². The van der Waals surface area contributed by atoms with Gasteiger partial charge in [0.2, 0.25) is 0 Å². The quantitative estimate of drug-likeness (QED) is 0.209. The van der Waals surface area contributed by atoms with Crippen molar-refractivity contribution in [3.63, 3.8) is 0 Å². The van der Waals surface area contributed by atoms with Crippen LogP contribution in [0.3, 0.4) is 0 Å². The van der Waals surface area contributed by atoms with E-state index >= 15 is 0 Å². The highest BCUT2D eigenvalue weighted by Crippen LogP contribution is 2.20. The van der Waals surface area contributed by atoms with Crippen LogP contribution in [0.2, 0.25) is 0 Å². The largest absolute Gasteiger partial charge is 0.384 e. The van der Waals surface area contributed by atoms with Crippen molar-refractivity contribution in [3.8, 4) is 0 Å². The second-order valence-corrected chi connectivity index (χ2v) is 9.38. The fourth-order valence-electron chi connectivity index (χ4n) is 3.66. The van der Waals surface area contributed by atoms with Gasteiger partial charge in [-0.1, -0.05) is 102 Å². The first kappa shape index (κ1) is 34.8. The molecule has 0 fully saturated rings. The fourth-order valence-corrected chi connectivity index (χ4v) is 3.66. The van der Waals surface area contributed by atoms with E-state index in [0.29, 0.717) is 5.92 Å². The van der Waals surface area contributed by atoms with Gasteiger partial charge in [-0.15, -0.1) is 0 Å². The van der Waals surface area contributed by atoms with Crippen molar-refractivity contribution in [3.05, 3.63) is 114 Å². The van der Waals surface area contributed by atoms with E-state index in [0.717, 1.165) is 35.5 Å². The lowest BCUT2D eigenvalue weighted by Crippen LogP contribution is -2.17. The Hall–Kier alpha value is -3.20. The highest BCUT2D eigenvalue weighted by molar-refractivity contribution is 5.98. The molecule has 1 aromatic heterocycles. The number of nitrogens with one attached hydrogen (secondary N) is 1. The molecule has 208 valence electrons. The zero-order chi connectivity index (χ0) is 28.8. The van der Waals surface area contributed by atoms with Gasteiger partial charge in [-0.05, 0) is 75.8 Å². The van der Waals surface area contributed by atoms with Crippen LogP contribution in [0.1, 0.15) is 93.1 Å². The van der Waals surface area contributed by atoms with Gasteiger partial charge < -0.3 is 5.32 Å². The molecular weight excluding hydrogens is 462 g/mol. The minimum atomic E-state index is 0.493. The topological polar surface area (TPSA) is 37.3 Å². The van der Waals surface area contributed by atoms with Crippen molar-refractivity contribution in [2.24, 2.45) is 10.9 Å². The van der Waals surface area contributed by atoms with E-state index in [1.165, 1.54) is 42.5 Å². The molecule has 0 aliphatic heterocycles. The Bertz CT molecular complexity index is 995. The maximum atomic E-state index is 4.98. The Kier molecular flexibility index (Phi) is 20.0. The van der Waals surface area contributed by atoms with Crippen LogP contribution in [0.25, 0.3) is 0 Å². The zero-order valence-electron chi connectivity index (χ0n) is 25.5. The lowest BCUT2D eigenvalue weighted by Gasteiger charge is -2.18. The Morgan fingerprint density at radius 3 is 2.32 bits per heavy atom. The minimum absolute atomic E-state index is 0.493. The molecule has 1 heterocycles. The van der Waals surface area contributed by atoms with Crippen molar-refractivity contribution in [2.45, 2.75) is 94.0 Å². The standard InChI is InChI=1S/C23H35N3.C10H12.C2H6/c1-7-11-22(12-8-2)23(26-20(6)18(4)9-3)15-19(5)25-17-21-13-10-14-24-16-21;1-9(2)7-8-10-5-3-4-6-10;1-2/h9-10,13-16,22,25H,3,7-8,11-12,17H2,1-2,4-6H3;3-5,7-8H,1,6H2,2H3;1-2H3/b19-15+,20-18+,26-23+;8-7+;. The molecule has 3 nitrogen and oxygen atoms in total. The molecule has 0 atom stereocenters. The van der Waals surface area contributed by atoms with E-state index < -0.39 is 0 Å². The van der Waals surface area contributed by atoms with Gasteiger partial charge in [0.05, 0.1) is 0 Å². The third-order valence-electron chi connectivity index (χ3n) is 5.91. The SMILES string of the molecule is C=C(C)/C=C/C1=CC=CC1.C=C/C(C)=C(C)/N=C(\C=C(/C)NCc1cccnc1)C(CCC)CCC.CC. The van der Waals surface area contributed by atoms with Gasteiger partial charge in [0, 0.05) is 42.0 Å². The Morgan fingerprint density at radius 2 is 1.82 bits per heavy atom. The summed E-state index contributed by atoms with van der Waals surface area (Å²) >= 11 is 0. The van der Waals surface area contributed by atoms with Crippen LogP contribution in [0.4, 0.5) is 0 Å². The number of aromatic nitrogens is 1. The van der Waals surface area contributed by atoms with Crippen molar-refractivity contribution < 1.29 is 0 Å². The summed E-state index contributed by atoms with van der Waals surface area (Å²) in [6, 6.07) is 4.05. The smallest absolute Gasteiger partial charge is 0.0454 e. The molecule has 1 aliphatic rings. The lowest BCUT2D eigenvalue weighted by atomic mass is 9.92. The first-order chi connectivity index (χ1) is 18.3. The van der Waals surface area contributed by atoms with Crippen LogP contribution in [-0.2, 0) is 6.54 Å². The van der Waals surface area contributed by atoms with Gasteiger partial charge in [0.1, 0.15) is 0 Å². The third-order valence-corrected chi connectivity index (χ3v) is 5.91. The van der Waals surface area contributed by atoms with E-state index in [9.17, 15) is 0 Å². The van der Waals surface area contributed by atoms with Crippen LogP contribution in [0, 0.1) is 5.92 Å². The van der Waals surface area contributed by atoms with Crippen LogP contribution in [-0.4, -0.2) is 10.7 Å². The summed E-state index contributed by atoms with van der Waals surface area (Å²) < 4.78 is 0. The molecule has 0 radical (unpaired) electrons. The molecule has 2 rings (SSSR count). The van der Waals surface area contributed by atoms with E-state index in [4.69, 9.17) is 4.99 Å². The normalized spacial score (nSPS) is 13.8. The van der Waals surface area contributed by atoms with Gasteiger partial charge in [0.25, 0.3) is 0 Å². The van der Waals surface area contributed by atoms with Crippen LogP contribution in [0.5, 0.6) is 0 Å². The molecule has 0 saturated heterocycles. The molecule has 0 saturated carbocycles. The van der Waals surface area contributed by atoms with Crippen molar-refractivity contribution >= 4 is 5.71 Å². The number of pyridine rings is 1. The molecule has 1 aromatic rings. The van der Waals surface area contributed by atoms with Crippen LogP contribution < -0.4 is 5.32 Å². The molecular formula is C35H53N3. The summed E-state index contributed by atoms with van der Waals surface area (Å²) in [7, 11) is 0. The van der Waals surface area contributed by atoms with Gasteiger partial charge in [-0.2, -0.15) is 0 Å². The van der Waals surface area contributed by atoms with Crippen LogP contribution >= 0.6 is 0 Å². The van der Waals surface area contributed by atoms with E-state index in [2.05, 4.69) is 94.5 Å². The highest BCUT2D eigenvalue weighted by Gasteiger charge is 2.13. The monoisotopic (exact) mass is 515 g/mol. The molecule has 3 heteroatoms. The molecule has 0 unspecified atom stereocenters. The van der Waals surface area contributed by atoms with Crippen molar-refractivity contribution in [2.75, 3.05) is 0 Å². The fraction of sp³-hybridized carbons (Fsp3) is 0.429. The van der Waals surface area contributed by atoms with Crippen molar-refractivity contribution in [1.82, 2.24) is 10.3 Å². The minimum Gasteiger partial charge on any atom is -0.384 e. The molecule has 0 spiro atoms. The summed E-state index contributed by atoms with van der Waals surface area (Å²) in [6.45, 7) is 25.2. The second kappa shape index (κ2) is 21.8. The number of nitrogens with zero attached hydrogens (tertiary/aromatic N) is 2. The van der Waals surface area contributed by atoms with Gasteiger partial charge in [-0.3, -0.25) is 9.98 Å². The highest BCUT2D eigenvalue weighted by atomic mass is 14.9. The predicted molar refractivity (Wildman–Crippen MR) is 171 cm³/mol. The third kappa shape index (κ3) is 15.8. The average molecular weight is 516 g/mol. The Balaban J connectivity index is 0.000000944. The second-order valence-electron chi connectivity index (χ2n) is 9.38.